The molecule has 2 aliphatic rings. The minimum atomic E-state index is -1.01. The number of furan rings is 1. The van der Waals surface area contributed by atoms with E-state index < -0.39 is 42.0 Å². The van der Waals surface area contributed by atoms with Crippen molar-refractivity contribution in [1.82, 2.24) is 4.90 Å². The van der Waals surface area contributed by atoms with Crippen LogP contribution >= 0.6 is 0 Å². The lowest BCUT2D eigenvalue weighted by Gasteiger charge is -2.30. The smallest absolute Gasteiger partial charge is 0.341 e. The largest absolute Gasteiger partial charge is 0.465 e. The Hall–Kier alpha value is -2.64. The van der Waals surface area contributed by atoms with Crippen molar-refractivity contribution in [3.63, 3.8) is 0 Å². The molecule has 0 radical (unpaired) electrons. The fraction of sp³-hybridized carbons (Fsp3) is 0.478. The molecule has 2 aliphatic heterocycles. The van der Waals surface area contributed by atoms with Crippen LogP contribution in [-0.4, -0.2) is 61.4 Å². The summed E-state index contributed by atoms with van der Waals surface area (Å²) >= 11 is 0. The van der Waals surface area contributed by atoms with E-state index in [1.165, 1.54) is 7.11 Å². The molecule has 0 amide bonds. The summed E-state index contributed by atoms with van der Waals surface area (Å²) in [6.45, 7) is 11.7. The highest BCUT2D eigenvalue weighted by molar-refractivity contribution is 5.93. The molecule has 1 aromatic rings. The average molecular weight is 415 g/mol. The molecule has 3 rings (SSSR count). The van der Waals surface area contributed by atoms with Crippen LogP contribution < -0.4 is 0 Å². The highest BCUT2D eigenvalue weighted by atomic mass is 16.6. The van der Waals surface area contributed by atoms with Crippen molar-refractivity contribution in [3.8, 4) is 0 Å². The van der Waals surface area contributed by atoms with Crippen molar-refractivity contribution in [2.24, 2.45) is 5.92 Å². The molecule has 1 N–H and O–H groups in total. The molecule has 5 unspecified atom stereocenters. The van der Waals surface area contributed by atoms with E-state index in [9.17, 15) is 14.7 Å². The van der Waals surface area contributed by atoms with Crippen LogP contribution in [0.5, 0.6) is 0 Å². The second kappa shape index (κ2) is 8.24. The van der Waals surface area contributed by atoms with Gasteiger partial charge in [-0.3, -0.25) is 4.90 Å². The first-order valence-electron chi connectivity index (χ1n) is 9.85. The lowest BCUT2D eigenvalue weighted by atomic mass is 9.84. The number of hydrogen-bond acceptors (Lipinski definition) is 7. The standard InChI is InChI=1S/C23H29NO6/c1-11(2)13-9-17-14(22(26)28-7)10-18(29-17)19(12(3)4)21-20(24(5)6)15(8-16(13)25)23(27)30-21/h8,10,13,16,19-21,25H,1,3,9H2,2,4-7H3. The Morgan fingerprint density at radius 1 is 1.27 bits per heavy atom. The molecule has 7 heteroatoms. The molecule has 1 fully saturated rings. The minimum Gasteiger partial charge on any atom is -0.465 e. The van der Waals surface area contributed by atoms with Gasteiger partial charge >= 0.3 is 11.9 Å². The highest BCUT2D eigenvalue weighted by Gasteiger charge is 2.48. The molecule has 1 saturated heterocycles. The minimum absolute atomic E-state index is 0.236. The maximum absolute atomic E-state index is 12.8. The number of aliphatic hydroxyl groups is 1. The Labute approximate surface area is 176 Å². The summed E-state index contributed by atoms with van der Waals surface area (Å²) in [5, 5.41) is 11.0. The van der Waals surface area contributed by atoms with Crippen molar-refractivity contribution in [3.05, 3.63) is 59.1 Å². The van der Waals surface area contributed by atoms with Gasteiger partial charge in [0.1, 0.15) is 23.2 Å². The number of hydrogen-bond donors (Lipinski definition) is 1. The van der Waals surface area contributed by atoms with E-state index in [-0.39, 0.29) is 12.0 Å². The molecule has 30 heavy (non-hydrogen) atoms. The van der Waals surface area contributed by atoms with E-state index in [1.807, 2.05) is 25.9 Å². The molecule has 1 aromatic heterocycles. The molecule has 4 bridgehead atoms. The van der Waals surface area contributed by atoms with Gasteiger partial charge in [-0.05, 0) is 40.1 Å². The lowest BCUT2D eigenvalue weighted by Crippen LogP contribution is -2.40. The highest BCUT2D eigenvalue weighted by Crippen LogP contribution is 2.41. The first-order valence-corrected chi connectivity index (χ1v) is 9.85. The molecule has 0 aliphatic carbocycles. The summed E-state index contributed by atoms with van der Waals surface area (Å²) in [4.78, 5) is 27.1. The molecular weight excluding hydrogens is 386 g/mol. The van der Waals surface area contributed by atoms with Crippen LogP contribution in [0, 0.1) is 5.92 Å². The number of nitrogens with zero attached hydrogens (tertiary/aromatic N) is 1. The van der Waals surface area contributed by atoms with Gasteiger partial charge in [0.15, 0.2) is 0 Å². The van der Waals surface area contributed by atoms with Crippen molar-refractivity contribution in [2.75, 3.05) is 21.2 Å². The number of carbonyl (C=O) groups excluding carboxylic acids is 2. The first kappa shape index (κ1) is 22.1. The third kappa shape index (κ3) is 3.75. The van der Waals surface area contributed by atoms with E-state index in [4.69, 9.17) is 13.9 Å². The van der Waals surface area contributed by atoms with Crippen LogP contribution in [0.15, 0.2) is 46.4 Å². The predicted octanol–water partition coefficient (Wildman–Crippen LogP) is 2.62. The van der Waals surface area contributed by atoms with Crippen LogP contribution in [0.1, 0.15) is 41.6 Å². The maximum atomic E-state index is 12.8. The molecule has 162 valence electrons. The van der Waals surface area contributed by atoms with E-state index >= 15 is 0 Å². The second-order valence-electron chi connectivity index (χ2n) is 8.35. The third-order valence-electron chi connectivity index (χ3n) is 5.87. The van der Waals surface area contributed by atoms with E-state index in [2.05, 4.69) is 13.2 Å². The molecule has 0 spiro atoms. The predicted molar refractivity (Wildman–Crippen MR) is 111 cm³/mol. The maximum Gasteiger partial charge on any atom is 0.341 e. The summed E-state index contributed by atoms with van der Waals surface area (Å²) < 4.78 is 16.8. The van der Waals surface area contributed by atoms with Gasteiger partial charge in [-0.15, -0.1) is 0 Å². The summed E-state index contributed by atoms with van der Waals surface area (Å²) in [7, 11) is 5.00. The Morgan fingerprint density at radius 3 is 2.47 bits per heavy atom. The Balaban J connectivity index is 2.28. The van der Waals surface area contributed by atoms with Gasteiger partial charge in [0.2, 0.25) is 0 Å². The molecule has 5 atom stereocenters. The SMILES string of the molecule is C=C(C)C1Cc2oc(cc2C(=O)OC)C(C(=C)C)C2OC(=O)C(=CC1O)C2N(C)C. The summed E-state index contributed by atoms with van der Waals surface area (Å²) in [5.41, 5.74) is 2.12. The zero-order valence-corrected chi connectivity index (χ0v) is 18.1. The van der Waals surface area contributed by atoms with Crippen molar-refractivity contribution < 1.29 is 28.6 Å². The topological polar surface area (TPSA) is 89.2 Å². The second-order valence-corrected chi connectivity index (χ2v) is 8.35. The third-order valence-corrected chi connectivity index (χ3v) is 5.87. The number of likely N-dealkylation sites (N-methyl/N-ethyl adjacent to an activating group) is 1. The monoisotopic (exact) mass is 415 g/mol. The van der Waals surface area contributed by atoms with Gasteiger partial charge in [-0.25, -0.2) is 9.59 Å². The van der Waals surface area contributed by atoms with Gasteiger partial charge in [0.25, 0.3) is 0 Å². The number of aliphatic hydroxyl groups excluding tert-OH is 1. The van der Waals surface area contributed by atoms with Crippen LogP contribution in [0.25, 0.3) is 0 Å². The molecule has 0 aromatic carbocycles. The van der Waals surface area contributed by atoms with Crippen LogP contribution in [-0.2, 0) is 20.7 Å². The molecule has 7 nitrogen and oxygen atoms in total. The summed E-state index contributed by atoms with van der Waals surface area (Å²) in [6, 6.07) is 1.21. The number of methoxy groups -OCH3 is 1. The molecule has 0 saturated carbocycles. The number of carbonyl (C=O) groups is 2. The Kier molecular flexibility index (Phi) is 6.06. The van der Waals surface area contributed by atoms with Crippen LogP contribution in [0.2, 0.25) is 0 Å². The van der Waals surface area contributed by atoms with E-state index in [1.54, 1.807) is 19.1 Å². The normalized spacial score (nSPS) is 28.4. The van der Waals surface area contributed by atoms with Crippen molar-refractivity contribution >= 4 is 11.9 Å². The van der Waals surface area contributed by atoms with Gasteiger partial charge in [0, 0.05) is 12.3 Å². The first-order chi connectivity index (χ1) is 14.1. The zero-order valence-electron chi connectivity index (χ0n) is 18.1. The number of fused-ring (bicyclic) bond motifs is 4. The zero-order chi connectivity index (χ0) is 22.3. The summed E-state index contributed by atoms with van der Waals surface area (Å²) in [5.74, 6) is -1.07. The van der Waals surface area contributed by atoms with E-state index in [0.717, 1.165) is 5.57 Å². The van der Waals surface area contributed by atoms with Gasteiger partial charge in [-0.2, -0.15) is 0 Å². The lowest BCUT2D eigenvalue weighted by molar-refractivity contribution is -0.140. The average Bonchev–Trinajstić information content (AvgIpc) is 3.19. The molecular formula is C23H29NO6. The molecule has 3 heterocycles. The van der Waals surface area contributed by atoms with Crippen LogP contribution in [0.3, 0.4) is 0 Å². The van der Waals surface area contributed by atoms with Crippen molar-refractivity contribution in [1.29, 1.82) is 0 Å². The van der Waals surface area contributed by atoms with Gasteiger partial charge in [-0.1, -0.05) is 24.3 Å². The fourth-order valence-electron chi connectivity index (χ4n) is 4.35. The van der Waals surface area contributed by atoms with Crippen LogP contribution in [0.4, 0.5) is 0 Å². The Bertz CT molecular complexity index is 924. The number of esters is 2. The van der Waals surface area contributed by atoms with Gasteiger partial charge < -0.3 is 19.0 Å². The van der Waals surface area contributed by atoms with Gasteiger partial charge in [0.05, 0.1) is 30.7 Å². The van der Waals surface area contributed by atoms with Crippen molar-refractivity contribution in [2.45, 2.75) is 44.4 Å². The number of ether oxygens (including phenoxy) is 2. The quantitative estimate of drug-likeness (QED) is 0.597. The van der Waals surface area contributed by atoms with E-state index in [0.29, 0.717) is 22.7 Å². The number of rotatable bonds is 4. The fourth-order valence-corrected chi connectivity index (χ4v) is 4.35. The Morgan fingerprint density at radius 2 is 1.93 bits per heavy atom. The summed E-state index contributed by atoms with van der Waals surface area (Å²) in [6.07, 6.45) is 0.161.